The summed E-state index contributed by atoms with van der Waals surface area (Å²) in [4.78, 5) is 21.9. The number of hydrogen-bond acceptors (Lipinski definition) is 3. The third kappa shape index (κ3) is 2.62. The largest absolute Gasteiger partial charge is 0.459 e. The number of hydrogen-bond donors (Lipinski definition) is 2. The first kappa shape index (κ1) is 9.31. The quantitative estimate of drug-likeness (QED) is 0.700. The molecule has 1 aromatic rings. The van der Waals surface area contributed by atoms with Gasteiger partial charge >= 0.3 is 6.03 Å². The normalized spacial score (nSPS) is 9.31. The Morgan fingerprint density at radius 3 is 2.85 bits per heavy atom. The van der Waals surface area contributed by atoms with E-state index in [1.54, 1.807) is 6.07 Å². The summed E-state index contributed by atoms with van der Waals surface area (Å²) in [7, 11) is 0. The van der Waals surface area contributed by atoms with Gasteiger partial charge in [0.2, 0.25) is 0 Å². The number of amides is 3. The molecule has 0 spiro atoms. The fraction of sp³-hybridized carbons (Fsp3) is 0.125. The summed E-state index contributed by atoms with van der Waals surface area (Å²) in [5.74, 6) is -0.477. The molecule has 1 aromatic heterocycles. The highest BCUT2D eigenvalue weighted by molar-refractivity contribution is 6.02. The zero-order chi connectivity index (χ0) is 9.68. The summed E-state index contributed by atoms with van der Waals surface area (Å²) in [6.07, 6.45) is 1.36. The smallest absolute Gasteiger partial charge is 0.321 e. The molecule has 0 aliphatic rings. The van der Waals surface area contributed by atoms with E-state index in [0.29, 0.717) is 0 Å². The molecule has 1 radical (unpaired) electrons. The van der Waals surface area contributed by atoms with Crippen molar-refractivity contribution < 1.29 is 14.0 Å². The Morgan fingerprint density at radius 1 is 1.54 bits per heavy atom. The number of furan rings is 1. The van der Waals surface area contributed by atoms with E-state index < -0.39 is 11.9 Å². The monoisotopic (exact) mass is 181 g/mol. The third-order valence-electron chi connectivity index (χ3n) is 1.26. The molecule has 69 valence electrons. The average molecular weight is 181 g/mol. The lowest BCUT2D eigenvalue weighted by Crippen LogP contribution is -2.39. The van der Waals surface area contributed by atoms with Gasteiger partial charge in [0.05, 0.1) is 6.26 Å². The zero-order valence-corrected chi connectivity index (χ0v) is 6.87. The van der Waals surface area contributed by atoms with Crippen LogP contribution in [0.3, 0.4) is 0 Å². The topological polar surface area (TPSA) is 71.3 Å². The Kier molecular flexibility index (Phi) is 3.08. The Morgan fingerprint density at radius 2 is 2.31 bits per heavy atom. The Labute approximate surface area is 75.1 Å². The number of carbonyl (C=O) groups is 2. The molecule has 1 heterocycles. The van der Waals surface area contributed by atoms with E-state index in [0.717, 1.165) is 0 Å². The number of urea groups is 1. The maximum absolute atomic E-state index is 11.1. The minimum atomic E-state index is -0.587. The molecule has 1 rings (SSSR count). The van der Waals surface area contributed by atoms with Crippen molar-refractivity contribution in [3.8, 4) is 0 Å². The van der Waals surface area contributed by atoms with Crippen molar-refractivity contribution in [1.29, 1.82) is 0 Å². The molecule has 0 aliphatic heterocycles. The molecule has 5 heteroatoms. The van der Waals surface area contributed by atoms with Crippen molar-refractivity contribution in [2.75, 3.05) is 6.54 Å². The molecule has 0 aromatic carbocycles. The van der Waals surface area contributed by atoms with Crippen molar-refractivity contribution in [3.05, 3.63) is 31.1 Å². The van der Waals surface area contributed by atoms with E-state index >= 15 is 0 Å². The van der Waals surface area contributed by atoms with E-state index in [1.165, 1.54) is 12.3 Å². The molecule has 0 aliphatic carbocycles. The van der Waals surface area contributed by atoms with Crippen LogP contribution in [0.25, 0.3) is 0 Å². The van der Waals surface area contributed by atoms with Crippen LogP contribution >= 0.6 is 0 Å². The SMILES string of the molecule is [CH2]CNC(=O)NC(=O)c1ccco1. The lowest BCUT2D eigenvalue weighted by Gasteiger charge is -2.01. The van der Waals surface area contributed by atoms with Crippen LogP contribution in [0, 0.1) is 6.92 Å². The number of rotatable bonds is 2. The molecule has 13 heavy (non-hydrogen) atoms. The van der Waals surface area contributed by atoms with E-state index in [9.17, 15) is 9.59 Å². The van der Waals surface area contributed by atoms with Crippen molar-refractivity contribution in [3.63, 3.8) is 0 Å². The lowest BCUT2D eigenvalue weighted by atomic mass is 10.4. The second kappa shape index (κ2) is 4.30. The third-order valence-corrected chi connectivity index (χ3v) is 1.26. The molecule has 0 fully saturated rings. The fourth-order valence-corrected chi connectivity index (χ4v) is 0.730. The van der Waals surface area contributed by atoms with Crippen molar-refractivity contribution >= 4 is 11.9 Å². The van der Waals surface area contributed by atoms with Gasteiger partial charge in [-0.25, -0.2) is 4.79 Å². The predicted molar refractivity (Wildman–Crippen MR) is 44.9 cm³/mol. The molecular weight excluding hydrogens is 172 g/mol. The van der Waals surface area contributed by atoms with Crippen LogP contribution < -0.4 is 10.6 Å². The maximum atomic E-state index is 11.1. The first-order chi connectivity index (χ1) is 6.24. The summed E-state index contributed by atoms with van der Waals surface area (Å²) in [6, 6.07) is 2.44. The van der Waals surface area contributed by atoms with Gasteiger partial charge in [0.15, 0.2) is 5.76 Å². The number of carbonyl (C=O) groups excluding carboxylic acids is 2. The summed E-state index contributed by atoms with van der Waals surface area (Å²) >= 11 is 0. The van der Waals surface area contributed by atoms with Gasteiger partial charge < -0.3 is 9.73 Å². The van der Waals surface area contributed by atoms with Gasteiger partial charge in [-0.2, -0.15) is 0 Å². The zero-order valence-electron chi connectivity index (χ0n) is 6.87. The van der Waals surface area contributed by atoms with Crippen LogP contribution in [0.2, 0.25) is 0 Å². The summed E-state index contributed by atoms with van der Waals surface area (Å²) in [5, 5.41) is 4.38. The molecular formula is C8H9N2O3. The van der Waals surface area contributed by atoms with Crippen molar-refractivity contribution in [2.45, 2.75) is 0 Å². The fourth-order valence-electron chi connectivity index (χ4n) is 0.730. The highest BCUT2D eigenvalue weighted by atomic mass is 16.3. The van der Waals surface area contributed by atoms with Crippen LogP contribution in [0.5, 0.6) is 0 Å². The van der Waals surface area contributed by atoms with Crippen LogP contribution in [-0.4, -0.2) is 18.5 Å². The first-order valence-corrected chi connectivity index (χ1v) is 3.66. The second-order valence-corrected chi connectivity index (χ2v) is 2.19. The van der Waals surface area contributed by atoms with Gasteiger partial charge in [0, 0.05) is 6.54 Å². The van der Waals surface area contributed by atoms with Crippen LogP contribution in [0.1, 0.15) is 10.6 Å². The van der Waals surface area contributed by atoms with Crippen molar-refractivity contribution in [1.82, 2.24) is 10.6 Å². The van der Waals surface area contributed by atoms with Gasteiger partial charge in [-0.15, -0.1) is 0 Å². The molecule has 0 saturated heterocycles. The summed E-state index contributed by atoms with van der Waals surface area (Å²) in [5.41, 5.74) is 0. The Bertz CT molecular complexity index is 292. The van der Waals surface area contributed by atoms with Gasteiger partial charge in [-0.05, 0) is 19.1 Å². The molecule has 3 amide bonds. The van der Waals surface area contributed by atoms with Gasteiger partial charge in [0.25, 0.3) is 5.91 Å². The minimum Gasteiger partial charge on any atom is -0.459 e. The van der Waals surface area contributed by atoms with E-state index in [-0.39, 0.29) is 12.3 Å². The minimum absolute atomic E-state index is 0.0965. The highest BCUT2D eigenvalue weighted by Crippen LogP contribution is 1.98. The first-order valence-electron chi connectivity index (χ1n) is 3.66. The van der Waals surface area contributed by atoms with Gasteiger partial charge in [-0.3, -0.25) is 10.1 Å². The maximum Gasteiger partial charge on any atom is 0.321 e. The number of nitrogens with one attached hydrogen (secondary N) is 2. The standard InChI is InChI=1S/C8H9N2O3/c1-2-9-8(12)10-7(11)6-4-3-5-13-6/h3-5H,1-2H2,(H2,9,10,11,12). The van der Waals surface area contributed by atoms with Gasteiger partial charge in [-0.1, -0.05) is 0 Å². The molecule has 5 nitrogen and oxygen atoms in total. The summed E-state index contributed by atoms with van der Waals surface area (Å²) < 4.78 is 4.77. The average Bonchev–Trinajstić information content (AvgIpc) is 2.55. The van der Waals surface area contributed by atoms with E-state index in [4.69, 9.17) is 4.42 Å². The molecule has 2 N–H and O–H groups in total. The predicted octanol–water partition coefficient (Wildman–Crippen LogP) is 0.553. The lowest BCUT2D eigenvalue weighted by molar-refractivity contribution is 0.0937. The molecule has 0 unspecified atom stereocenters. The van der Waals surface area contributed by atoms with Gasteiger partial charge in [0.1, 0.15) is 0 Å². The van der Waals surface area contributed by atoms with Crippen molar-refractivity contribution in [2.24, 2.45) is 0 Å². The van der Waals surface area contributed by atoms with Crippen LogP contribution in [0.15, 0.2) is 22.8 Å². The van der Waals surface area contributed by atoms with E-state index in [2.05, 4.69) is 17.6 Å². The second-order valence-electron chi connectivity index (χ2n) is 2.19. The molecule has 0 bridgehead atoms. The highest BCUT2D eigenvalue weighted by Gasteiger charge is 2.10. The Balaban J connectivity index is 2.47. The number of imide groups is 1. The summed E-state index contributed by atoms with van der Waals surface area (Å²) in [6.45, 7) is 3.61. The molecule has 0 atom stereocenters. The van der Waals surface area contributed by atoms with E-state index in [1.807, 2.05) is 0 Å². The van der Waals surface area contributed by atoms with Crippen LogP contribution in [0.4, 0.5) is 4.79 Å². The van der Waals surface area contributed by atoms with Crippen LogP contribution in [-0.2, 0) is 0 Å². The Hall–Kier alpha value is -1.78. The molecule has 0 saturated carbocycles.